The second-order valence-corrected chi connectivity index (χ2v) is 7.18. The monoisotopic (exact) mass is 437 g/mol. The summed E-state index contributed by atoms with van der Waals surface area (Å²) in [5, 5.41) is 4.98. The maximum atomic E-state index is 12.5. The average Bonchev–Trinajstić information content (AvgIpc) is 3.31. The van der Waals surface area contributed by atoms with Crippen LogP contribution in [-0.2, 0) is 30.5 Å². The fraction of sp³-hybridized carbons (Fsp3) is 0.217. The van der Waals surface area contributed by atoms with Crippen LogP contribution in [0.1, 0.15) is 24.0 Å². The Hall–Kier alpha value is -4.14. The van der Waals surface area contributed by atoms with Crippen LogP contribution in [0.4, 0.5) is 5.69 Å². The molecular weight excluding hydrogens is 414 g/mol. The van der Waals surface area contributed by atoms with Crippen molar-refractivity contribution in [1.82, 2.24) is 10.2 Å². The van der Waals surface area contributed by atoms with E-state index in [9.17, 15) is 19.2 Å². The molecule has 0 aliphatic carbocycles. The molecule has 0 bridgehead atoms. The molecule has 3 rings (SSSR count). The van der Waals surface area contributed by atoms with Crippen molar-refractivity contribution < 1.29 is 28.3 Å². The van der Waals surface area contributed by atoms with Gasteiger partial charge in [0.25, 0.3) is 5.91 Å². The van der Waals surface area contributed by atoms with Crippen LogP contribution < -0.4 is 10.6 Å². The van der Waals surface area contributed by atoms with Gasteiger partial charge < -0.3 is 24.7 Å². The number of furan rings is 1. The summed E-state index contributed by atoms with van der Waals surface area (Å²) in [5.74, 6) is -1.92. The van der Waals surface area contributed by atoms with E-state index in [4.69, 9.17) is 9.15 Å². The minimum atomic E-state index is -0.819. The van der Waals surface area contributed by atoms with Crippen molar-refractivity contribution in [3.63, 3.8) is 0 Å². The minimum absolute atomic E-state index is 0.0318. The molecule has 2 N–H and O–H groups in total. The van der Waals surface area contributed by atoms with Gasteiger partial charge in [-0.25, -0.2) is 4.79 Å². The van der Waals surface area contributed by atoms with Gasteiger partial charge in [0.2, 0.25) is 0 Å². The van der Waals surface area contributed by atoms with E-state index < -0.39 is 17.8 Å². The van der Waals surface area contributed by atoms with E-state index in [1.807, 2.05) is 19.1 Å². The number of ether oxygens (including phenoxy) is 1. The molecule has 0 radical (unpaired) electrons. The van der Waals surface area contributed by atoms with Gasteiger partial charge in [-0.2, -0.15) is 0 Å². The predicted octanol–water partition coefficient (Wildman–Crippen LogP) is 2.15. The predicted molar refractivity (Wildman–Crippen MR) is 116 cm³/mol. The van der Waals surface area contributed by atoms with Gasteiger partial charge in [-0.3, -0.25) is 14.4 Å². The minimum Gasteiger partial charge on any atom is -0.465 e. The van der Waals surface area contributed by atoms with E-state index in [0.717, 1.165) is 5.56 Å². The maximum absolute atomic E-state index is 12.5. The van der Waals surface area contributed by atoms with Gasteiger partial charge in [0.1, 0.15) is 11.5 Å². The van der Waals surface area contributed by atoms with Crippen molar-refractivity contribution in [3.05, 3.63) is 70.3 Å². The Morgan fingerprint density at radius 2 is 1.75 bits per heavy atom. The van der Waals surface area contributed by atoms with Crippen LogP contribution in [0.5, 0.6) is 0 Å². The summed E-state index contributed by atoms with van der Waals surface area (Å²) in [6, 6.07) is 10.2. The van der Waals surface area contributed by atoms with Crippen molar-refractivity contribution >= 4 is 35.5 Å². The lowest BCUT2D eigenvalue weighted by Crippen LogP contribution is -2.34. The van der Waals surface area contributed by atoms with Crippen molar-refractivity contribution in [2.75, 3.05) is 19.5 Å². The number of aryl methyl sites for hydroxylation is 1. The Kier molecular flexibility index (Phi) is 6.58. The van der Waals surface area contributed by atoms with Crippen LogP contribution in [0.2, 0.25) is 0 Å². The topological polar surface area (TPSA) is 118 Å². The number of esters is 1. The summed E-state index contributed by atoms with van der Waals surface area (Å²) in [5.41, 5.74) is 2.34. The third kappa shape index (κ3) is 4.77. The first-order valence-corrected chi connectivity index (χ1v) is 9.75. The van der Waals surface area contributed by atoms with Crippen molar-refractivity contribution in [1.29, 1.82) is 0 Å². The molecule has 1 aliphatic rings. The molecule has 0 atom stereocenters. The number of nitrogens with one attached hydrogen (secondary N) is 2. The molecule has 1 aromatic heterocycles. The number of likely N-dealkylation sites (N-methyl/N-ethyl adjacent to an activating group) is 1. The zero-order chi connectivity index (χ0) is 23.4. The van der Waals surface area contributed by atoms with E-state index in [1.54, 1.807) is 38.2 Å². The normalized spacial score (nSPS) is 14.7. The summed E-state index contributed by atoms with van der Waals surface area (Å²) in [6.45, 7) is 3.53. The van der Waals surface area contributed by atoms with Gasteiger partial charge in [-0.15, -0.1) is 0 Å². The van der Waals surface area contributed by atoms with Gasteiger partial charge in [0.05, 0.1) is 24.8 Å². The Bertz CT molecular complexity index is 1140. The number of amides is 3. The summed E-state index contributed by atoms with van der Waals surface area (Å²) in [4.78, 5) is 50.0. The number of methoxy groups -OCH3 is 1. The van der Waals surface area contributed by atoms with Crippen LogP contribution >= 0.6 is 0 Å². The number of benzene rings is 1. The van der Waals surface area contributed by atoms with Crippen LogP contribution in [0, 0.1) is 6.92 Å². The van der Waals surface area contributed by atoms with Gasteiger partial charge >= 0.3 is 17.8 Å². The number of hydrogen-bond acceptors (Lipinski definition) is 6. The molecule has 9 nitrogen and oxygen atoms in total. The lowest BCUT2D eigenvalue weighted by Gasteiger charge is -2.08. The highest BCUT2D eigenvalue weighted by molar-refractivity contribution is 6.39. The zero-order valence-corrected chi connectivity index (χ0v) is 18.1. The van der Waals surface area contributed by atoms with Gasteiger partial charge in [-0.1, -0.05) is 17.7 Å². The highest BCUT2D eigenvalue weighted by Gasteiger charge is 2.35. The molecule has 0 unspecified atom stereocenters. The number of nitrogens with zero attached hydrogens (tertiary/aromatic N) is 1. The molecule has 9 heteroatoms. The van der Waals surface area contributed by atoms with Crippen LogP contribution in [0.15, 0.2) is 57.7 Å². The number of hydrogen-bond donors (Lipinski definition) is 2. The number of allylic oxidation sites excluding steroid dienone is 1. The highest BCUT2D eigenvalue weighted by atomic mass is 16.5. The highest BCUT2D eigenvalue weighted by Crippen LogP contribution is 2.30. The third-order valence-electron chi connectivity index (χ3n) is 4.97. The Balaban J connectivity index is 1.65. The molecule has 2 aromatic rings. The summed E-state index contributed by atoms with van der Waals surface area (Å²) >= 11 is 0. The van der Waals surface area contributed by atoms with Gasteiger partial charge in [0, 0.05) is 18.4 Å². The van der Waals surface area contributed by atoms with Crippen LogP contribution in [0.3, 0.4) is 0 Å². The van der Waals surface area contributed by atoms with E-state index >= 15 is 0 Å². The lowest BCUT2D eigenvalue weighted by molar-refractivity contribution is -0.136. The summed E-state index contributed by atoms with van der Waals surface area (Å²) in [7, 11) is 2.80. The number of anilines is 1. The SMILES string of the molecule is COC(=O)C1=C(C)N(C)C(=O)/C1=C/c1ccc(CNC(=O)C(=O)Nc2ccc(C)cc2)o1. The van der Waals surface area contributed by atoms with Crippen molar-refractivity contribution in [3.8, 4) is 0 Å². The molecule has 0 saturated carbocycles. The Morgan fingerprint density at radius 3 is 2.41 bits per heavy atom. The van der Waals surface area contributed by atoms with E-state index in [0.29, 0.717) is 22.9 Å². The molecular formula is C23H23N3O6. The van der Waals surface area contributed by atoms with Gasteiger partial charge in [0.15, 0.2) is 0 Å². The van der Waals surface area contributed by atoms with Crippen LogP contribution in [-0.4, -0.2) is 42.7 Å². The largest absolute Gasteiger partial charge is 0.465 e. The van der Waals surface area contributed by atoms with Crippen molar-refractivity contribution in [2.45, 2.75) is 20.4 Å². The lowest BCUT2D eigenvalue weighted by atomic mass is 10.1. The molecule has 1 aromatic carbocycles. The first kappa shape index (κ1) is 22.5. The molecule has 3 amide bonds. The third-order valence-corrected chi connectivity index (χ3v) is 4.97. The average molecular weight is 437 g/mol. The zero-order valence-electron chi connectivity index (χ0n) is 18.1. The summed E-state index contributed by atoms with van der Waals surface area (Å²) < 4.78 is 10.4. The Labute approximate surface area is 184 Å². The van der Waals surface area contributed by atoms with Crippen molar-refractivity contribution in [2.24, 2.45) is 0 Å². The fourth-order valence-electron chi connectivity index (χ4n) is 3.08. The summed E-state index contributed by atoms with van der Waals surface area (Å²) in [6.07, 6.45) is 1.44. The molecule has 1 aliphatic heterocycles. The fourth-order valence-corrected chi connectivity index (χ4v) is 3.08. The number of rotatable bonds is 5. The molecule has 32 heavy (non-hydrogen) atoms. The molecule has 2 heterocycles. The van der Waals surface area contributed by atoms with E-state index in [-0.39, 0.29) is 23.6 Å². The molecule has 0 saturated heterocycles. The second-order valence-electron chi connectivity index (χ2n) is 7.18. The first-order chi connectivity index (χ1) is 15.2. The smallest absolute Gasteiger partial charge is 0.340 e. The maximum Gasteiger partial charge on any atom is 0.340 e. The number of carbonyl (C=O) groups excluding carboxylic acids is 4. The quantitative estimate of drug-likeness (QED) is 0.420. The molecule has 0 fully saturated rings. The first-order valence-electron chi connectivity index (χ1n) is 9.75. The van der Waals surface area contributed by atoms with Crippen LogP contribution in [0.25, 0.3) is 6.08 Å². The van der Waals surface area contributed by atoms with E-state index in [2.05, 4.69) is 10.6 Å². The standard InChI is InChI=1S/C23H23N3O6/c1-13-5-7-15(8-6-13)25-21(28)20(27)24-12-17-10-9-16(32-17)11-18-19(23(30)31-4)14(2)26(3)22(18)29/h5-11H,12H2,1-4H3,(H,24,27)(H,25,28)/b18-11+. The van der Waals surface area contributed by atoms with Gasteiger partial charge in [-0.05, 0) is 44.2 Å². The Morgan fingerprint density at radius 1 is 1.06 bits per heavy atom. The second kappa shape index (κ2) is 9.34. The molecule has 0 spiro atoms. The van der Waals surface area contributed by atoms with E-state index in [1.165, 1.54) is 18.1 Å². The number of carbonyl (C=O) groups is 4. The molecule has 166 valence electrons.